The number of benzene rings is 2. The molecule has 2 rings (SSSR count). The second-order valence-corrected chi connectivity index (χ2v) is 6.62. The molecule has 0 fully saturated rings. The van der Waals surface area contributed by atoms with E-state index in [1.807, 2.05) is 12.1 Å². The van der Waals surface area contributed by atoms with Crippen molar-refractivity contribution in [3.63, 3.8) is 0 Å². The van der Waals surface area contributed by atoms with Gasteiger partial charge in [-0.25, -0.2) is 0 Å². The first-order chi connectivity index (χ1) is 12.3. The molecule has 26 heavy (non-hydrogen) atoms. The third-order valence-corrected chi connectivity index (χ3v) is 5.06. The van der Waals surface area contributed by atoms with Crippen molar-refractivity contribution in [3.05, 3.63) is 58.5 Å². The molecule has 0 aliphatic heterocycles. The summed E-state index contributed by atoms with van der Waals surface area (Å²) in [6, 6.07) is 7.63. The Morgan fingerprint density at radius 3 is 2.08 bits per heavy atom. The fraction of sp³-hybridized carbons (Fsp3) is 0. The number of nitriles is 3. The van der Waals surface area contributed by atoms with Gasteiger partial charge in [0.05, 0.1) is 48.1 Å². The van der Waals surface area contributed by atoms with Crippen molar-refractivity contribution in [3.8, 4) is 18.2 Å². The molecule has 0 radical (unpaired) electrons. The fourth-order valence-electron chi connectivity index (χ4n) is 2.02. The van der Waals surface area contributed by atoms with Crippen molar-refractivity contribution in [2.45, 2.75) is 0 Å². The van der Waals surface area contributed by atoms with Crippen LogP contribution in [0.3, 0.4) is 0 Å². The van der Waals surface area contributed by atoms with Crippen LogP contribution < -0.4 is 5.32 Å². The van der Waals surface area contributed by atoms with Crippen LogP contribution in [0.15, 0.2) is 16.6 Å². The van der Waals surface area contributed by atoms with Gasteiger partial charge in [-0.2, -0.15) is 15.8 Å². The topological polar surface area (TPSA) is 127 Å². The van der Waals surface area contributed by atoms with E-state index in [-0.39, 0.29) is 53.3 Å². The minimum absolute atomic E-state index is 0.0331. The highest BCUT2D eigenvalue weighted by atomic mass is 79.9. The molecule has 0 unspecified atom stereocenters. The van der Waals surface area contributed by atoms with Crippen molar-refractivity contribution in [1.82, 2.24) is 0 Å². The maximum atomic E-state index is 10.9. The van der Waals surface area contributed by atoms with Crippen LogP contribution in [-0.2, 0) is 0 Å². The monoisotopic (exact) mass is 469 g/mol. The van der Waals surface area contributed by atoms with E-state index in [4.69, 9.17) is 40.1 Å². The van der Waals surface area contributed by atoms with E-state index in [1.165, 1.54) is 6.07 Å². The lowest BCUT2D eigenvalue weighted by molar-refractivity contribution is -0.384. The van der Waals surface area contributed by atoms with E-state index in [1.54, 1.807) is 6.07 Å². The molecule has 11 heteroatoms. The van der Waals surface area contributed by atoms with Gasteiger partial charge in [-0.1, -0.05) is 34.8 Å². The van der Waals surface area contributed by atoms with E-state index in [0.717, 1.165) is 6.07 Å². The smallest absolute Gasteiger partial charge is 0.272 e. The van der Waals surface area contributed by atoms with Crippen LogP contribution >= 0.6 is 50.7 Å². The first kappa shape index (κ1) is 19.8. The van der Waals surface area contributed by atoms with E-state index in [0.29, 0.717) is 0 Å². The Labute approximate surface area is 170 Å². The number of rotatable bonds is 3. The molecule has 1 N–H and O–H groups in total. The van der Waals surface area contributed by atoms with Gasteiger partial charge in [-0.3, -0.25) is 10.1 Å². The summed E-state index contributed by atoms with van der Waals surface area (Å²) in [5.74, 6) is 0. The highest BCUT2D eigenvalue weighted by Gasteiger charge is 2.24. The molecule has 0 saturated heterocycles. The van der Waals surface area contributed by atoms with Crippen molar-refractivity contribution in [1.29, 1.82) is 15.8 Å². The molecule has 0 aliphatic rings. The summed E-state index contributed by atoms with van der Waals surface area (Å²) in [6.45, 7) is 0. The standard InChI is InChI=1S/C15H3BrCl3N5O2/c16-10-2-7(24(25)26)1-6(3-20)14(10)23-15-9(5-22)11(17)8(4-21)12(18)13(15)19/h1-2,23H. The van der Waals surface area contributed by atoms with Crippen molar-refractivity contribution >= 4 is 67.8 Å². The van der Waals surface area contributed by atoms with Crippen molar-refractivity contribution in [2.75, 3.05) is 5.32 Å². The summed E-state index contributed by atoms with van der Waals surface area (Å²) in [5, 5.41) is 40.9. The summed E-state index contributed by atoms with van der Waals surface area (Å²) >= 11 is 21.4. The van der Waals surface area contributed by atoms with Gasteiger partial charge < -0.3 is 5.32 Å². The molecule has 0 amide bonds. The zero-order chi connectivity index (χ0) is 19.6. The lowest BCUT2D eigenvalue weighted by Gasteiger charge is -2.16. The second kappa shape index (κ2) is 7.78. The number of nitrogens with one attached hydrogen (secondary N) is 1. The average molecular weight is 471 g/mol. The molecular weight excluding hydrogens is 468 g/mol. The van der Waals surface area contributed by atoms with E-state index in [9.17, 15) is 20.6 Å². The van der Waals surface area contributed by atoms with Gasteiger partial charge >= 0.3 is 0 Å². The number of non-ortho nitro benzene ring substituents is 1. The largest absolute Gasteiger partial charge is 0.351 e. The Balaban J connectivity index is 2.76. The third-order valence-electron chi connectivity index (χ3n) is 3.20. The maximum absolute atomic E-state index is 10.9. The number of hydrogen-bond acceptors (Lipinski definition) is 6. The number of halogens is 4. The van der Waals surface area contributed by atoms with Crippen LogP contribution in [0.2, 0.25) is 15.1 Å². The first-order valence-electron chi connectivity index (χ1n) is 6.42. The van der Waals surface area contributed by atoms with Crippen LogP contribution in [-0.4, -0.2) is 4.92 Å². The number of nitro benzene ring substituents is 1. The molecule has 128 valence electrons. The summed E-state index contributed by atoms with van der Waals surface area (Å²) < 4.78 is 0.180. The average Bonchev–Trinajstić information content (AvgIpc) is 2.61. The van der Waals surface area contributed by atoms with E-state index >= 15 is 0 Å². The Bertz CT molecular complexity index is 1080. The normalized spacial score (nSPS) is 9.73. The van der Waals surface area contributed by atoms with Gasteiger partial charge in [0.1, 0.15) is 18.2 Å². The van der Waals surface area contributed by atoms with Crippen LogP contribution in [0, 0.1) is 44.1 Å². The minimum atomic E-state index is -0.654. The molecular formula is C15H3BrCl3N5O2. The molecule has 0 heterocycles. The lowest BCUT2D eigenvalue weighted by atomic mass is 10.1. The molecule has 0 spiro atoms. The molecule has 0 saturated carbocycles. The molecule has 2 aromatic rings. The van der Waals surface area contributed by atoms with E-state index < -0.39 is 4.92 Å². The highest BCUT2D eigenvalue weighted by molar-refractivity contribution is 9.10. The molecule has 2 aromatic carbocycles. The van der Waals surface area contributed by atoms with Gasteiger partial charge in [0.15, 0.2) is 0 Å². The number of nitrogens with zero attached hydrogens (tertiary/aromatic N) is 4. The zero-order valence-corrected chi connectivity index (χ0v) is 16.1. The van der Waals surface area contributed by atoms with Crippen LogP contribution in [0.25, 0.3) is 0 Å². The van der Waals surface area contributed by atoms with Gasteiger partial charge in [0.25, 0.3) is 5.69 Å². The van der Waals surface area contributed by atoms with Crippen molar-refractivity contribution in [2.24, 2.45) is 0 Å². The van der Waals surface area contributed by atoms with Gasteiger partial charge in [0, 0.05) is 16.6 Å². The summed E-state index contributed by atoms with van der Waals surface area (Å²) in [4.78, 5) is 10.3. The zero-order valence-electron chi connectivity index (χ0n) is 12.3. The Morgan fingerprint density at radius 2 is 1.58 bits per heavy atom. The fourth-order valence-corrected chi connectivity index (χ4v) is 3.36. The number of hydrogen-bond donors (Lipinski definition) is 1. The van der Waals surface area contributed by atoms with Gasteiger partial charge in [-0.05, 0) is 15.9 Å². The van der Waals surface area contributed by atoms with Crippen molar-refractivity contribution < 1.29 is 4.92 Å². The lowest BCUT2D eigenvalue weighted by Crippen LogP contribution is -2.02. The second-order valence-electron chi connectivity index (χ2n) is 4.63. The Kier molecular flexibility index (Phi) is 5.92. The summed E-state index contributed by atoms with van der Waals surface area (Å²) in [5.41, 5.74) is -0.623. The van der Waals surface area contributed by atoms with Gasteiger partial charge in [0.2, 0.25) is 0 Å². The Morgan fingerprint density at radius 1 is 0.962 bits per heavy atom. The SMILES string of the molecule is N#Cc1cc([N+](=O)[O-])cc(Br)c1Nc1c(Cl)c(Cl)c(C#N)c(Cl)c1C#N. The Hall–Kier alpha value is -2.54. The molecule has 0 aromatic heterocycles. The molecule has 0 aliphatic carbocycles. The third kappa shape index (κ3) is 3.39. The molecule has 7 nitrogen and oxygen atoms in total. The molecule has 0 atom stereocenters. The van der Waals surface area contributed by atoms with Crippen LogP contribution in [0.5, 0.6) is 0 Å². The summed E-state index contributed by atoms with van der Waals surface area (Å²) in [7, 11) is 0. The van der Waals surface area contributed by atoms with Gasteiger partial charge in [-0.15, -0.1) is 0 Å². The number of nitro groups is 1. The predicted molar refractivity (Wildman–Crippen MR) is 99.7 cm³/mol. The maximum Gasteiger partial charge on any atom is 0.272 e. The highest BCUT2D eigenvalue weighted by Crippen LogP contribution is 2.44. The number of anilines is 2. The van der Waals surface area contributed by atoms with Crippen LogP contribution in [0.1, 0.15) is 16.7 Å². The first-order valence-corrected chi connectivity index (χ1v) is 8.35. The summed E-state index contributed by atoms with van der Waals surface area (Å²) in [6.07, 6.45) is 0. The minimum Gasteiger partial charge on any atom is -0.351 e. The van der Waals surface area contributed by atoms with E-state index in [2.05, 4.69) is 21.2 Å². The predicted octanol–water partition coefficient (Wildman–Crippen LogP) is 5.68. The quantitative estimate of drug-likeness (QED) is 0.349. The molecule has 0 bridgehead atoms. The van der Waals surface area contributed by atoms with Crippen LogP contribution in [0.4, 0.5) is 17.1 Å².